The summed E-state index contributed by atoms with van der Waals surface area (Å²) >= 11 is 0. The van der Waals surface area contributed by atoms with Gasteiger partial charge in [-0.2, -0.15) is 0 Å². The highest BCUT2D eigenvalue weighted by Crippen LogP contribution is 2.07. The van der Waals surface area contributed by atoms with E-state index in [1.807, 2.05) is 0 Å². The molecule has 2 heteroatoms. The van der Waals surface area contributed by atoms with Crippen molar-refractivity contribution in [1.29, 1.82) is 0 Å². The zero-order valence-electron chi connectivity index (χ0n) is 10.4. The molecule has 2 nitrogen and oxygen atoms in total. The van der Waals surface area contributed by atoms with Crippen molar-refractivity contribution < 1.29 is 0 Å². The predicted molar refractivity (Wildman–Crippen MR) is 66.3 cm³/mol. The number of rotatable bonds is 8. The van der Waals surface area contributed by atoms with Gasteiger partial charge in [-0.3, -0.25) is 0 Å². The molecule has 89 valence electrons. The van der Waals surface area contributed by atoms with Crippen LogP contribution in [0.2, 0.25) is 0 Å². The standard InChI is InChI=1S/C13H27N2/c1-2-3-4-5-6-7-8-11-15-12-9-14-10-13-15/h2-13H2,1H3. The van der Waals surface area contributed by atoms with Crippen LogP contribution in [0, 0.1) is 0 Å². The lowest BCUT2D eigenvalue weighted by molar-refractivity contribution is 0.233. The highest BCUT2D eigenvalue weighted by molar-refractivity contribution is 4.66. The van der Waals surface area contributed by atoms with E-state index in [4.69, 9.17) is 0 Å². The first kappa shape index (κ1) is 13.0. The van der Waals surface area contributed by atoms with Crippen LogP contribution in [0.5, 0.6) is 0 Å². The summed E-state index contributed by atoms with van der Waals surface area (Å²) in [5.41, 5.74) is 0. The first-order valence-electron chi connectivity index (χ1n) is 6.79. The molecule has 0 unspecified atom stereocenters. The van der Waals surface area contributed by atoms with E-state index in [0.717, 1.165) is 13.1 Å². The first-order chi connectivity index (χ1) is 7.43. The molecule has 0 aromatic heterocycles. The molecule has 0 amide bonds. The molecular formula is C13H27N2. The summed E-state index contributed by atoms with van der Waals surface area (Å²) in [7, 11) is 0. The molecule has 0 aliphatic carbocycles. The quantitative estimate of drug-likeness (QED) is 0.564. The van der Waals surface area contributed by atoms with Crippen LogP contribution in [0.4, 0.5) is 0 Å². The largest absolute Gasteiger partial charge is 0.301 e. The molecule has 0 spiro atoms. The third-order valence-electron chi connectivity index (χ3n) is 3.23. The Balaban J connectivity index is 1.79. The van der Waals surface area contributed by atoms with E-state index < -0.39 is 0 Å². The van der Waals surface area contributed by atoms with Crippen molar-refractivity contribution >= 4 is 0 Å². The number of nitrogens with zero attached hydrogens (tertiary/aromatic N) is 2. The Labute approximate surface area is 95.4 Å². The fourth-order valence-electron chi connectivity index (χ4n) is 2.16. The Kier molecular flexibility index (Phi) is 7.94. The summed E-state index contributed by atoms with van der Waals surface area (Å²) in [6.45, 7) is 8.13. The zero-order valence-corrected chi connectivity index (χ0v) is 10.4. The van der Waals surface area contributed by atoms with Crippen LogP contribution in [0.3, 0.4) is 0 Å². The van der Waals surface area contributed by atoms with Gasteiger partial charge in [0.15, 0.2) is 0 Å². The van der Waals surface area contributed by atoms with E-state index in [1.165, 1.54) is 64.6 Å². The lowest BCUT2D eigenvalue weighted by atomic mass is 10.1. The van der Waals surface area contributed by atoms with E-state index in [1.54, 1.807) is 0 Å². The maximum Gasteiger partial charge on any atom is 0.0261 e. The van der Waals surface area contributed by atoms with Crippen molar-refractivity contribution in [2.24, 2.45) is 0 Å². The minimum absolute atomic E-state index is 1.07. The van der Waals surface area contributed by atoms with E-state index in [-0.39, 0.29) is 0 Å². The average molecular weight is 211 g/mol. The van der Waals surface area contributed by atoms with Crippen molar-refractivity contribution in [2.75, 3.05) is 32.7 Å². The van der Waals surface area contributed by atoms with E-state index in [0.29, 0.717) is 0 Å². The topological polar surface area (TPSA) is 17.3 Å². The van der Waals surface area contributed by atoms with E-state index in [9.17, 15) is 0 Å². The van der Waals surface area contributed by atoms with Crippen LogP contribution in [-0.2, 0) is 0 Å². The van der Waals surface area contributed by atoms with Gasteiger partial charge in [-0.1, -0.05) is 45.4 Å². The molecule has 0 aromatic carbocycles. The third kappa shape index (κ3) is 6.91. The summed E-state index contributed by atoms with van der Waals surface area (Å²) in [5.74, 6) is 0. The van der Waals surface area contributed by atoms with Crippen LogP contribution in [0.1, 0.15) is 51.9 Å². The fourth-order valence-corrected chi connectivity index (χ4v) is 2.16. The molecule has 1 rings (SSSR count). The van der Waals surface area contributed by atoms with Crippen LogP contribution in [-0.4, -0.2) is 37.6 Å². The molecule has 0 atom stereocenters. The van der Waals surface area contributed by atoms with Gasteiger partial charge < -0.3 is 4.90 Å². The second-order valence-electron chi connectivity index (χ2n) is 4.63. The molecule has 0 aromatic rings. The van der Waals surface area contributed by atoms with Crippen molar-refractivity contribution in [3.05, 3.63) is 0 Å². The Morgan fingerprint density at radius 1 is 0.867 bits per heavy atom. The second-order valence-corrected chi connectivity index (χ2v) is 4.63. The van der Waals surface area contributed by atoms with E-state index in [2.05, 4.69) is 17.1 Å². The number of piperazine rings is 1. The molecule has 15 heavy (non-hydrogen) atoms. The van der Waals surface area contributed by atoms with Crippen LogP contribution in [0.25, 0.3) is 0 Å². The molecule has 1 aliphatic rings. The Hall–Kier alpha value is -0.0800. The fraction of sp³-hybridized carbons (Fsp3) is 1.00. The predicted octanol–water partition coefficient (Wildman–Crippen LogP) is 2.66. The summed E-state index contributed by atoms with van der Waals surface area (Å²) in [6.07, 6.45) is 9.94. The molecular weight excluding hydrogens is 184 g/mol. The molecule has 1 saturated heterocycles. The second kappa shape index (κ2) is 9.17. The third-order valence-corrected chi connectivity index (χ3v) is 3.23. The van der Waals surface area contributed by atoms with Gasteiger partial charge >= 0.3 is 0 Å². The van der Waals surface area contributed by atoms with Crippen molar-refractivity contribution in [2.45, 2.75) is 51.9 Å². The van der Waals surface area contributed by atoms with Gasteiger partial charge in [-0.25, -0.2) is 5.32 Å². The summed E-state index contributed by atoms with van der Waals surface area (Å²) in [5, 5.41) is 4.36. The summed E-state index contributed by atoms with van der Waals surface area (Å²) < 4.78 is 0. The maximum atomic E-state index is 4.36. The van der Waals surface area contributed by atoms with Gasteiger partial charge in [0.05, 0.1) is 0 Å². The van der Waals surface area contributed by atoms with Crippen molar-refractivity contribution in [1.82, 2.24) is 10.2 Å². The lowest BCUT2D eigenvalue weighted by Crippen LogP contribution is -2.40. The van der Waals surface area contributed by atoms with Gasteiger partial charge in [0.2, 0.25) is 0 Å². The zero-order chi connectivity index (χ0) is 10.8. The minimum Gasteiger partial charge on any atom is -0.301 e. The Bertz CT molecular complexity index is 130. The van der Waals surface area contributed by atoms with Crippen molar-refractivity contribution in [3.8, 4) is 0 Å². The average Bonchev–Trinajstić information content (AvgIpc) is 2.29. The normalized spacial score (nSPS) is 18.2. The minimum atomic E-state index is 1.07. The van der Waals surface area contributed by atoms with Gasteiger partial charge in [0.25, 0.3) is 0 Å². The molecule has 1 aliphatic heterocycles. The van der Waals surface area contributed by atoms with Crippen LogP contribution in [0.15, 0.2) is 0 Å². The monoisotopic (exact) mass is 211 g/mol. The van der Waals surface area contributed by atoms with Crippen LogP contribution >= 0.6 is 0 Å². The Morgan fingerprint density at radius 2 is 1.47 bits per heavy atom. The van der Waals surface area contributed by atoms with Gasteiger partial charge in [-0.05, 0) is 13.0 Å². The van der Waals surface area contributed by atoms with E-state index >= 15 is 0 Å². The SMILES string of the molecule is CCCCCCCCCN1CC[N]CC1. The van der Waals surface area contributed by atoms with Crippen molar-refractivity contribution in [3.63, 3.8) is 0 Å². The molecule has 0 bridgehead atoms. The highest BCUT2D eigenvalue weighted by atomic mass is 15.2. The number of unbranched alkanes of at least 4 members (excludes halogenated alkanes) is 6. The number of hydrogen-bond donors (Lipinski definition) is 0. The van der Waals surface area contributed by atoms with Gasteiger partial charge in [-0.15, -0.1) is 0 Å². The Morgan fingerprint density at radius 3 is 2.13 bits per heavy atom. The van der Waals surface area contributed by atoms with Gasteiger partial charge in [0, 0.05) is 26.2 Å². The summed E-state index contributed by atoms with van der Waals surface area (Å²) in [4.78, 5) is 2.57. The molecule has 1 heterocycles. The first-order valence-corrected chi connectivity index (χ1v) is 6.79. The molecule has 1 fully saturated rings. The number of hydrogen-bond acceptors (Lipinski definition) is 1. The highest BCUT2D eigenvalue weighted by Gasteiger charge is 2.08. The molecule has 1 radical (unpaired) electrons. The summed E-state index contributed by atoms with van der Waals surface area (Å²) in [6, 6.07) is 0. The lowest BCUT2D eigenvalue weighted by Gasteiger charge is -2.26. The molecule has 0 saturated carbocycles. The smallest absolute Gasteiger partial charge is 0.0261 e. The molecule has 0 N–H and O–H groups in total. The van der Waals surface area contributed by atoms with Gasteiger partial charge in [0.1, 0.15) is 0 Å². The van der Waals surface area contributed by atoms with Crippen LogP contribution < -0.4 is 5.32 Å². The maximum absolute atomic E-state index is 4.36.